The quantitative estimate of drug-likeness (QED) is 0.812. The topological polar surface area (TPSA) is 41.1 Å². The van der Waals surface area contributed by atoms with Crippen LogP contribution in [0.3, 0.4) is 0 Å². The van der Waals surface area contributed by atoms with E-state index in [-0.39, 0.29) is 16.7 Å². The highest BCUT2D eigenvalue weighted by molar-refractivity contribution is 5.76. The molecule has 2 unspecified atom stereocenters. The van der Waals surface area contributed by atoms with E-state index in [0.717, 1.165) is 19.5 Å². The molecule has 0 aromatic carbocycles. The number of amides is 1. The minimum absolute atomic E-state index is 0.152. The molecule has 0 saturated carbocycles. The number of carbonyl (C=O) groups is 1. The average molecular weight is 254 g/mol. The van der Waals surface area contributed by atoms with Gasteiger partial charge in [0.05, 0.1) is 0 Å². The second-order valence-electron chi connectivity index (χ2n) is 7.55. The van der Waals surface area contributed by atoms with Crippen LogP contribution in [0.1, 0.15) is 54.4 Å². The molecule has 1 heterocycles. The van der Waals surface area contributed by atoms with Crippen LogP contribution in [-0.2, 0) is 4.79 Å². The van der Waals surface area contributed by atoms with Gasteiger partial charge in [-0.05, 0) is 29.7 Å². The Balaban J connectivity index is 2.49. The van der Waals surface area contributed by atoms with Crippen LogP contribution >= 0.6 is 0 Å². The van der Waals surface area contributed by atoms with Gasteiger partial charge in [-0.1, -0.05) is 41.5 Å². The highest BCUT2D eigenvalue weighted by atomic mass is 16.1. The molecule has 106 valence electrons. The van der Waals surface area contributed by atoms with Crippen LogP contribution in [0.5, 0.6) is 0 Å². The van der Waals surface area contributed by atoms with E-state index in [1.54, 1.807) is 0 Å². The predicted molar refractivity (Wildman–Crippen MR) is 76.4 cm³/mol. The zero-order chi connectivity index (χ0) is 14.0. The molecule has 1 fully saturated rings. The number of nitrogens with one attached hydrogen (secondary N) is 2. The van der Waals surface area contributed by atoms with Crippen LogP contribution in [0.2, 0.25) is 0 Å². The van der Waals surface area contributed by atoms with Crippen molar-refractivity contribution >= 4 is 5.91 Å². The van der Waals surface area contributed by atoms with Gasteiger partial charge in [-0.25, -0.2) is 0 Å². The third-order valence-electron chi connectivity index (χ3n) is 4.44. The van der Waals surface area contributed by atoms with Gasteiger partial charge in [0.15, 0.2) is 0 Å². The minimum atomic E-state index is 0.152. The van der Waals surface area contributed by atoms with E-state index in [2.05, 4.69) is 52.2 Å². The van der Waals surface area contributed by atoms with Crippen LogP contribution in [0, 0.1) is 16.7 Å². The van der Waals surface area contributed by atoms with Crippen LogP contribution in [0.25, 0.3) is 0 Å². The number of carbonyl (C=O) groups excluding carboxylic acids is 1. The Kier molecular flexibility index (Phi) is 4.82. The summed E-state index contributed by atoms with van der Waals surface area (Å²) in [5.41, 5.74) is 0.347. The smallest absolute Gasteiger partial charge is 0.220 e. The fourth-order valence-electron chi connectivity index (χ4n) is 2.28. The average Bonchev–Trinajstić information content (AvgIpc) is 2.19. The number of piperidine rings is 1. The van der Waals surface area contributed by atoms with E-state index in [0.29, 0.717) is 18.4 Å². The fraction of sp³-hybridized carbons (Fsp3) is 0.933. The molecule has 0 aliphatic carbocycles. The van der Waals surface area contributed by atoms with E-state index in [1.165, 1.54) is 0 Å². The summed E-state index contributed by atoms with van der Waals surface area (Å²) in [5, 5.41) is 6.63. The summed E-state index contributed by atoms with van der Waals surface area (Å²) in [7, 11) is 0. The number of hydrogen-bond acceptors (Lipinski definition) is 2. The van der Waals surface area contributed by atoms with Gasteiger partial charge in [0, 0.05) is 19.0 Å². The van der Waals surface area contributed by atoms with Crippen molar-refractivity contribution in [2.24, 2.45) is 16.7 Å². The van der Waals surface area contributed by atoms with Crippen LogP contribution in [0.4, 0.5) is 0 Å². The highest BCUT2D eigenvalue weighted by Gasteiger charge is 2.33. The van der Waals surface area contributed by atoms with Crippen molar-refractivity contribution in [3.63, 3.8) is 0 Å². The lowest BCUT2D eigenvalue weighted by Crippen LogP contribution is -2.54. The third kappa shape index (κ3) is 4.27. The van der Waals surface area contributed by atoms with Crippen molar-refractivity contribution in [1.82, 2.24) is 10.6 Å². The Labute approximate surface area is 112 Å². The molecule has 18 heavy (non-hydrogen) atoms. The molecule has 0 radical (unpaired) electrons. The van der Waals surface area contributed by atoms with E-state index in [4.69, 9.17) is 0 Å². The molecular formula is C15H30N2O. The Morgan fingerprint density at radius 3 is 2.56 bits per heavy atom. The van der Waals surface area contributed by atoms with Crippen molar-refractivity contribution in [1.29, 1.82) is 0 Å². The first-order valence-electron chi connectivity index (χ1n) is 7.13. The molecule has 0 spiro atoms. The van der Waals surface area contributed by atoms with Gasteiger partial charge in [-0.2, -0.15) is 0 Å². The molecule has 1 rings (SSSR count). The Morgan fingerprint density at radius 2 is 2.06 bits per heavy atom. The summed E-state index contributed by atoms with van der Waals surface area (Å²) in [6.45, 7) is 15.2. The third-order valence-corrected chi connectivity index (χ3v) is 4.44. The first kappa shape index (κ1) is 15.5. The molecule has 1 aliphatic heterocycles. The summed E-state index contributed by atoms with van der Waals surface area (Å²) in [6.07, 6.45) is 1.66. The van der Waals surface area contributed by atoms with Crippen molar-refractivity contribution in [3.8, 4) is 0 Å². The SMILES string of the molecule is CC(CC(=O)NC1CCNCC1(C)C)C(C)(C)C. The number of rotatable bonds is 3. The van der Waals surface area contributed by atoms with E-state index >= 15 is 0 Å². The van der Waals surface area contributed by atoms with Crippen LogP contribution < -0.4 is 10.6 Å². The minimum Gasteiger partial charge on any atom is -0.353 e. The Bertz CT molecular complexity index is 291. The van der Waals surface area contributed by atoms with Gasteiger partial charge < -0.3 is 10.6 Å². The Hall–Kier alpha value is -0.570. The van der Waals surface area contributed by atoms with Gasteiger partial charge in [0.25, 0.3) is 0 Å². The largest absolute Gasteiger partial charge is 0.353 e. The second kappa shape index (κ2) is 5.60. The fourth-order valence-corrected chi connectivity index (χ4v) is 2.28. The first-order valence-corrected chi connectivity index (χ1v) is 7.13. The molecule has 0 bridgehead atoms. The summed E-state index contributed by atoms with van der Waals surface area (Å²) in [4.78, 5) is 12.1. The molecule has 0 aromatic rings. The second-order valence-corrected chi connectivity index (χ2v) is 7.55. The zero-order valence-electron chi connectivity index (χ0n) is 12.9. The van der Waals surface area contributed by atoms with E-state index in [1.807, 2.05) is 0 Å². The molecule has 1 saturated heterocycles. The molecule has 3 nitrogen and oxygen atoms in total. The van der Waals surface area contributed by atoms with Gasteiger partial charge >= 0.3 is 0 Å². The standard InChI is InChI=1S/C15H30N2O/c1-11(14(2,3)4)9-13(18)17-12-7-8-16-10-15(12,5)6/h11-12,16H,7-10H2,1-6H3,(H,17,18). The lowest BCUT2D eigenvalue weighted by Gasteiger charge is -2.40. The molecule has 1 amide bonds. The van der Waals surface area contributed by atoms with Gasteiger partial charge in [-0.3, -0.25) is 4.79 Å². The van der Waals surface area contributed by atoms with Gasteiger partial charge in [0.2, 0.25) is 5.91 Å². The molecule has 0 aromatic heterocycles. The zero-order valence-corrected chi connectivity index (χ0v) is 12.9. The van der Waals surface area contributed by atoms with E-state index in [9.17, 15) is 4.79 Å². The molecule has 2 N–H and O–H groups in total. The van der Waals surface area contributed by atoms with Gasteiger partial charge in [0.1, 0.15) is 0 Å². The lowest BCUT2D eigenvalue weighted by atomic mass is 9.78. The first-order chi connectivity index (χ1) is 8.13. The summed E-state index contributed by atoms with van der Waals surface area (Å²) in [6, 6.07) is 0.304. The maximum atomic E-state index is 12.1. The van der Waals surface area contributed by atoms with Crippen molar-refractivity contribution in [2.75, 3.05) is 13.1 Å². The molecular weight excluding hydrogens is 224 g/mol. The predicted octanol–water partition coefficient (Wildman–Crippen LogP) is 2.56. The van der Waals surface area contributed by atoms with Crippen LogP contribution in [0.15, 0.2) is 0 Å². The van der Waals surface area contributed by atoms with Crippen LogP contribution in [-0.4, -0.2) is 25.0 Å². The van der Waals surface area contributed by atoms with Crippen molar-refractivity contribution < 1.29 is 4.79 Å². The summed E-state index contributed by atoms with van der Waals surface area (Å²) in [5.74, 6) is 0.611. The molecule has 1 aliphatic rings. The maximum absolute atomic E-state index is 12.1. The summed E-state index contributed by atoms with van der Waals surface area (Å²) >= 11 is 0. The Morgan fingerprint density at radius 1 is 1.44 bits per heavy atom. The van der Waals surface area contributed by atoms with Crippen molar-refractivity contribution in [2.45, 2.75) is 60.4 Å². The molecule has 3 heteroatoms. The van der Waals surface area contributed by atoms with Gasteiger partial charge in [-0.15, -0.1) is 0 Å². The van der Waals surface area contributed by atoms with E-state index < -0.39 is 0 Å². The summed E-state index contributed by atoms with van der Waals surface area (Å²) < 4.78 is 0. The highest BCUT2D eigenvalue weighted by Crippen LogP contribution is 2.29. The molecule has 2 atom stereocenters. The number of hydrogen-bond donors (Lipinski definition) is 2. The maximum Gasteiger partial charge on any atom is 0.220 e. The monoisotopic (exact) mass is 254 g/mol. The lowest BCUT2D eigenvalue weighted by molar-refractivity contribution is -0.124. The van der Waals surface area contributed by atoms with Crippen molar-refractivity contribution in [3.05, 3.63) is 0 Å². The normalized spacial score (nSPS) is 25.6.